The fraction of sp³-hybridized carbons (Fsp3) is 0.139. The number of benzene rings is 5. The maximum atomic E-state index is 14.8. The van der Waals surface area contributed by atoms with Gasteiger partial charge in [0.25, 0.3) is 5.91 Å². The van der Waals surface area contributed by atoms with Crippen molar-refractivity contribution in [3.8, 4) is 0 Å². The highest BCUT2D eigenvalue weighted by atomic mass is 16.2. The monoisotopic (exact) mass is 567 g/mol. The van der Waals surface area contributed by atoms with Gasteiger partial charge in [0.15, 0.2) is 5.54 Å². The van der Waals surface area contributed by atoms with Crippen molar-refractivity contribution in [2.75, 3.05) is 19.0 Å². The fourth-order valence-corrected chi connectivity index (χ4v) is 5.92. The molecule has 43 heavy (non-hydrogen) atoms. The molecule has 7 nitrogen and oxygen atoms in total. The molecule has 0 spiro atoms. The number of urea groups is 1. The van der Waals surface area contributed by atoms with Gasteiger partial charge in [-0.3, -0.25) is 20.0 Å². The molecule has 0 bridgehead atoms. The van der Waals surface area contributed by atoms with Crippen LogP contribution in [0.15, 0.2) is 121 Å². The van der Waals surface area contributed by atoms with Crippen LogP contribution in [0, 0.1) is 5.41 Å². The molecule has 7 heteroatoms. The second-order valence-corrected chi connectivity index (χ2v) is 11.1. The summed E-state index contributed by atoms with van der Waals surface area (Å²) < 4.78 is 0. The second-order valence-electron chi connectivity index (χ2n) is 11.1. The van der Waals surface area contributed by atoms with E-state index in [2.05, 4.69) is 0 Å². The zero-order valence-electron chi connectivity index (χ0n) is 24.2. The number of imide groups is 1. The summed E-state index contributed by atoms with van der Waals surface area (Å²) in [6.45, 7) is 0.355. The lowest BCUT2D eigenvalue weighted by molar-refractivity contribution is -0.132. The molecule has 214 valence electrons. The lowest BCUT2D eigenvalue weighted by atomic mass is 9.81. The number of nitrogens with zero attached hydrogens (tertiary/aromatic N) is 3. The van der Waals surface area contributed by atoms with Gasteiger partial charge in [-0.15, -0.1) is 0 Å². The SMILES string of the molecule is CN(C)c1ccc(CN2C(=O)N(Cc3ccc4ccc(C(=N)N)cc4c3)C(=O)C2(c2ccccc2)c2ccccc2)cc1. The summed E-state index contributed by atoms with van der Waals surface area (Å²) in [6.07, 6.45) is 0. The van der Waals surface area contributed by atoms with Gasteiger partial charge >= 0.3 is 6.03 Å². The van der Waals surface area contributed by atoms with Gasteiger partial charge in [-0.05, 0) is 57.3 Å². The first-order valence-corrected chi connectivity index (χ1v) is 14.2. The maximum absolute atomic E-state index is 14.8. The minimum atomic E-state index is -1.35. The first kappa shape index (κ1) is 27.7. The van der Waals surface area contributed by atoms with Gasteiger partial charge < -0.3 is 10.6 Å². The van der Waals surface area contributed by atoms with Crippen LogP contribution in [0.25, 0.3) is 10.8 Å². The second kappa shape index (κ2) is 11.1. The fourth-order valence-electron chi connectivity index (χ4n) is 5.92. The molecule has 5 aromatic rings. The number of carbonyl (C=O) groups is 2. The summed E-state index contributed by atoms with van der Waals surface area (Å²) in [5.74, 6) is -0.306. The molecule has 6 rings (SSSR count). The van der Waals surface area contributed by atoms with Crippen LogP contribution >= 0.6 is 0 Å². The molecule has 5 aromatic carbocycles. The van der Waals surface area contributed by atoms with Crippen LogP contribution in [0.3, 0.4) is 0 Å². The molecule has 1 fully saturated rings. The number of carbonyl (C=O) groups excluding carboxylic acids is 2. The molecule has 3 N–H and O–H groups in total. The Kier molecular flexibility index (Phi) is 7.16. The third-order valence-corrected chi connectivity index (χ3v) is 8.15. The van der Waals surface area contributed by atoms with Gasteiger partial charge in [0.2, 0.25) is 0 Å². The third kappa shape index (κ3) is 4.89. The Balaban J connectivity index is 1.47. The molecule has 3 amide bonds. The molecule has 0 unspecified atom stereocenters. The van der Waals surface area contributed by atoms with Crippen LogP contribution in [0.2, 0.25) is 0 Å². The number of nitrogens with one attached hydrogen (secondary N) is 1. The van der Waals surface area contributed by atoms with Crippen molar-refractivity contribution in [3.63, 3.8) is 0 Å². The van der Waals surface area contributed by atoms with Crippen LogP contribution in [0.1, 0.15) is 27.8 Å². The molecule has 0 aliphatic carbocycles. The minimum absolute atomic E-state index is 0.0121. The summed E-state index contributed by atoms with van der Waals surface area (Å²) in [6, 6.07) is 38.3. The molecule has 0 aromatic heterocycles. The molecule has 0 saturated carbocycles. The molecular formula is C36H33N5O2. The number of anilines is 1. The highest BCUT2D eigenvalue weighted by Gasteiger charge is 2.59. The molecule has 1 heterocycles. The number of nitrogen functional groups attached to an aromatic ring is 1. The minimum Gasteiger partial charge on any atom is -0.384 e. The highest BCUT2D eigenvalue weighted by molar-refractivity contribution is 6.09. The van der Waals surface area contributed by atoms with E-state index in [4.69, 9.17) is 11.1 Å². The predicted molar refractivity (Wildman–Crippen MR) is 171 cm³/mol. The van der Waals surface area contributed by atoms with Gasteiger partial charge in [0.1, 0.15) is 5.84 Å². The van der Waals surface area contributed by atoms with Crippen molar-refractivity contribution in [2.45, 2.75) is 18.6 Å². The van der Waals surface area contributed by atoms with Crippen molar-refractivity contribution >= 4 is 34.2 Å². The van der Waals surface area contributed by atoms with Crippen molar-refractivity contribution < 1.29 is 9.59 Å². The average molecular weight is 568 g/mol. The standard InChI is InChI=1S/C36H33N5O2/c1-39(2)32-19-14-25(15-20-32)24-41-35(43)40(23-26-13-16-27-17-18-28(33(37)38)22-29(27)21-26)34(42)36(41,30-9-5-3-6-10-30)31-11-7-4-8-12-31/h3-22H,23-24H2,1-2H3,(H3,37,38). The zero-order valence-corrected chi connectivity index (χ0v) is 24.2. The predicted octanol–water partition coefficient (Wildman–Crippen LogP) is 6.10. The Labute approximate surface area is 251 Å². The number of amidine groups is 1. The third-order valence-electron chi connectivity index (χ3n) is 8.15. The Bertz CT molecular complexity index is 1780. The Morgan fingerprint density at radius 3 is 1.88 bits per heavy atom. The Hall–Kier alpha value is -5.43. The molecule has 0 atom stereocenters. The largest absolute Gasteiger partial charge is 0.384 e. The lowest BCUT2D eigenvalue weighted by Crippen LogP contribution is -2.47. The van der Waals surface area contributed by atoms with E-state index in [1.54, 1.807) is 4.90 Å². The number of fused-ring (bicyclic) bond motifs is 1. The maximum Gasteiger partial charge on any atom is 0.328 e. The number of hydrogen-bond donors (Lipinski definition) is 2. The molecule has 0 radical (unpaired) electrons. The smallest absolute Gasteiger partial charge is 0.328 e. The molecular weight excluding hydrogens is 534 g/mol. The molecule has 1 saturated heterocycles. The van der Waals surface area contributed by atoms with E-state index < -0.39 is 5.54 Å². The van der Waals surface area contributed by atoms with Gasteiger partial charge in [0.05, 0.1) is 6.54 Å². The van der Waals surface area contributed by atoms with Crippen molar-refractivity contribution in [1.82, 2.24) is 9.80 Å². The van der Waals surface area contributed by atoms with E-state index in [9.17, 15) is 9.59 Å². The number of rotatable bonds is 8. The van der Waals surface area contributed by atoms with Gasteiger partial charge in [-0.25, -0.2) is 4.79 Å². The van der Waals surface area contributed by atoms with Crippen molar-refractivity contribution in [3.05, 3.63) is 149 Å². The summed E-state index contributed by atoms with van der Waals surface area (Å²) in [5, 5.41) is 9.70. The first-order valence-electron chi connectivity index (χ1n) is 14.2. The van der Waals surface area contributed by atoms with Gasteiger partial charge in [-0.1, -0.05) is 97.1 Å². The number of amides is 3. The lowest BCUT2D eigenvalue weighted by Gasteiger charge is -2.36. The summed E-state index contributed by atoms with van der Waals surface area (Å²) in [7, 11) is 3.97. The topological polar surface area (TPSA) is 93.7 Å². The van der Waals surface area contributed by atoms with Crippen molar-refractivity contribution in [1.29, 1.82) is 5.41 Å². The van der Waals surface area contributed by atoms with Gasteiger partial charge in [-0.2, -0.15) is 0 Å². The van der Waals surface area contributed by atoms with Crippen LogP contribution in [0.4, 0.5) is 10.5 Å². The Morgan fingerprint density at radius 1 is 0.721 bits per heavy atom. The van der Waals surface area contributed by atoms with Crippen LogP contribution in [0.5, 0.6) is 0 Å². The molecule has 1 aliphatic rings. The van der Waals surface area contributed by atoms with E-state index in [-0.39, 0.29) is 30.9 Å². The average Bonchev–Trinajstić information content (AvgIpc) is 3.23. The first-order chi connectivity index (χ1) is 20.8. The van der Waals surface area contributed by atoms with Crippen LogP contribution in [-0.2, 0) is 23.4 Å². The van der Waals surface area contributed by atoms with Crippen LogP contribution in [-0.4, -0.2) is 41.7 Å². The zero-order chi connectivity index (χ0) is 30.1. The number of hydrogen-bond acceptors (Lipinski definition) is 4. The summed E-state index contributed by atoms with van der Waals surface area (Å²) >= 11 is 0. The van der Waals surface area contributed by atoms with Gasteiger partial charge in [0, 0.05) is 31.9 Å². The number of nitrogens with two attached hydrogens (primary N) is 1. The van der Waals surface area contributed by atoms with E-state index in [0.29, 0.717) is 5.56 Å². The van der Waals surface area contributed by atoms with E-state index in [1.807, 2.05) is 140 Å². The summed E-state index contributed by atoms with van der Waals surface area (Å²) in [4.78, 5) is 34.4. The van der Waals surface area contributed by atoms with Crippen molar-refractivity contribution in [2.24, 2.45) is 5.73 Å². The summed E-state index contributed by atoms with van der Waals surface area (Å²) in [5.41, 5.74) is 9.25. The highest BCUT2D eigenvalue weighted by Crippen LogP contribution is 2.44. The van der Waals surface area contributed by atoms with Crippen LogP contribution < -0.4 is 10.6 Å². The van der Waals surface area contributed by atoms with E-state index >= 15 is 0 Å². The normalized spacial score (nSPS) is 14.4. The molecule has 1 aliphatic heterocycles. The quantitative estimate of drug-likeness (QED) is 0.135. The van der Waals surface area contributed by atoms with E-state index in [1.165, 1.54) is 4.90 Å². The Morgan fingerprint density at radius 2 is 1.30 bits per heavy atom. The van der Waals surface area contributed by atoms with E-state index in [0.717, 1.165) is 38.7 Å².